The van der Waals surface area contributed by atoms with E-state index >= 15 is 0 Å². The highest BCUT2D eigenvalue weighted by molar-refractivity contribution is 7.07. The molecule has 106 valence electrons. The summed E-state index contributed by atoms with van der Waals surface area (Å²) in [4.78, 5) is 16.3. The van der Waals surface area contributed by atoms with Crippen LogP contribution >= 0.6 is 11.3 Å². The zero-order chi connectivity index (χ0) is 14.4. The Kier molecular flexibility index (Phi) is 5.12. The van der Waals surface area contributed by atoms with E-state index in [1.807, 2.05) is 25.3 Å². The molecule has 2 heterocycles. The first kappa shape index (κ1) is 14.5. The van der Waals surface area contributed by atoms with Gasteiger partial charge in [0.05, 0.1) is 11.3 Å². The SMILES string of the molecule is CCNc1ccncc1C(=O)NC(C)Cc1ccsc1. The predicted octanol–water partition coefficient (Wildman–Crippen LogP) is 2.94. The molecular weight excluding hydrogens is 270 g/mol. The number of aromatic nitrogens is 1. The van der Waals surface area contributed by atoms with Crippen molar-refractivity contribution in [1.29, 1.82) is 0 Å². The number of carbonyl (C=O) groups is 1. The van der Waals surface area contributed by atoms with E-state index in [4.69, 9.17) is 0 Å². The molecule has 0 aliphatic rings. The van der Waals surface area contributed by atoms with E-state index in [-0.39, 0.29) is 11.9 Å². The lowest BCUT2D eigenvalue weighted by atomic mass is 10.1. The lowest BCUT2D eigenvalue weighted by molar-refractivity contribution is 0.0940. The predicted molar refractivity (Wildman–Crippen MR) is 83.4 cm³/mol. The summed E-state index contributed by atoms with van der Waals surface area (Å²) in [5, 5.41) is 10.4. The number of anilines is 1. The molecule has 0 saturated carbocycles. The Labute approximate surface area is 123 Å². The molecule has 20 heavy (non-hydrogen) atoms. The molecule has 2 rings (SSSR count). The van der Waals surface area contributed by atoms with E-state index in [0.29, 0.717) is 5.56 Å². The van der Waals surface area contributed by atoms with Gasteiger partial charge >= 0.3 is 0 Å². The minimum absolute atomic E-state index is 0.0863. The second-order valence-electron chi connectivity index (χ2n) is 4.66. The number of nitrogens with one attached hydrogen (secondary N) is 2. The highest BCUT2D eigenvalue weighted by Crippen LogP contribution is 2.14. The normalized spacial score (nSPS) is 11.9. The number of hydrogen-bond acceptors (Lipinski definition) is 4. The van der Waals surface area contributed by atoms with E-state index < -0.39 is 0 Å². The second-order valence-corrected chi connectivity index (χ2v) is 5.44. The van der Waals surface area contributed by atoms with E-state index in [9.17, 15) is 4.79 Å². The number of rotatable bonds is 6. The Morgan fingerprint density at radius 1 is 1.45 bits per heavy atom. The molecule has 4 nitrogen and oxygen atoms in total. The number of amides is 1. The smallest absolute Gasteiger partial charge is 0.255 e. The number of carbonyl (C=O) groups excluding carboxylic acids is 1. The van der Waals surface area contributed by atoms with Crippen molar-refractivity contribution >= 4 is 22.9 Å². The molecule has 1 unspecified atom stereocenters. The summed E-state index contributed by atoms with van der Waals surface area (Å²) in [6.07, 6.45) is 4.13. The van der Waals surface area contributed by atoms with Crippen LogP contribution in [0.4, 0.5) is 5.69 Å². The van der Waals surface area contributed by atoms with Gasteiger partial charge in [0.2, 0.25) is 0 Å². The van der Waals surface area contributed by atoms with Gasteiger partial charge in [-0.25, -0.2) is 0 Å². The van der Waals surface area contributed by atoms with Crippen LogP contribution in [0.3, 0.4) is 0 Å². The molecule has 0 saturated heterocycles. The van der Waals surface area contributed by atoms with Crippen molar-refractivity contribution in [2.75, 3.05) is 11.9 Å². The fourth-order valence-electron chi connectivity index (χ4n) is 2.03. The van der Waals surface area contributed by atoms with E-state index in [1.165, 1.54) is 5.56 Å². The van der Waals surface area contributed by atoms with Gasteiger partial charge in [0.1, 0.15) is 0 Å². The molecule has 2 N–H and O–H groups in total. The van der Waals surface area contributed by atoms with Gasteiger partial charge in [-0.2, -0.15) is 11.3 Å². The van der Waals surface area contributed by atoms with Crippen molar-refractivity contribution in [3.05, 3.63) is 46.4 Å². The van der Waals surface area contributed by atoms with Crippen LogP contribution < -0.4 is 10.6 Å². The Bertz CT molecular complexity index is 554. The third-order valence-electron chi connectivity index (χ3n) is 2.93. The van der Waals surface area contributed by atoms with Crippen LogP contribution in [0.1, 0.15) is 29.8 Å². The fourth-order valence-corrected chi connectivity index (χ4v) is 2.72. The first-order valence-electron chi connectivity index (χ1n) is 6.70. The first-order chi connectivity index (χ1) is 9.70. The van der Waals surface area contributed by atoms with Crippen LogP contribution in [-0.2, 0) is 6.42 Å². The summed E-state index contributed by atoms with van der Waals surface area (Å²) in [6, 6.07) is 4.00. The quantitative estimate of drug-likeness (QED) is 0.859. The lowest BCUT2D eigenvalue weighted by Crippen LogP contribution is -2.34. The standard InChI is InChI=1S/C15H19N3OS/c1-3-17-14-4-6-16-9-13(14)15(19)18-11(2)8-12-5-7-20-10-12/h4-7,9-11H,3,8H2,1-2H3,(H,16,17)(H,18,19). The molecule has 0 aromatic carbocycles. The Morgan fingerprint density at radius 3 is 3.00 bits per heavy atom. The molecule has 0 fully saturated rings. The summed E-state index contributed by atoms with van der Waals surface area (Å²) in [5.41, 5.74) is 2.66. The Hall–Kier alpha value is -1.88. The van der Waals surface area contributed by atoms with Crippen LogP contribution in [0.2, 0.25) is 0 Å². The van der Waals surface area contributed by atoms with Crippen molar-refractivity contribution in [2.45, 2.75) is 26.3 Å². The summed E-state index contributed by atoms with van der Waals surface area (Å²) in [7, 11) is 0. The maximum Gasteiger partial charge on any atom is 0.255 e. The van der Waals surface area contributed by atoms with Crippen molar-refractivity contribution in [3.63, 3.8) is 0 Å². The number of nitrogens with zero attached hydrogens (tertiary/aromatic N) is 1. The van der Waals surface area contributed by atoms with Gasteiger partial charge in [-0.3, -0.25) is 9.78 Å². The third-order valence-corrected chi connectivity index (χ3v) is 3.66. The van der Waals surface area contributed by atoms with Crippen molar-refractivity contribution in [3.8, 4) is 0 Å². The van der Waals surface area contributed by atoms with Gasteiger partial charge in [-0.1, -0.05) is 0 Å². The van der Waals surface area contributed by atoms with Gasteiger partial charge in [-0.15, -0.1) is 0 Å². The molecule has 0 aliphatic heterocycles. The molecule has 0 radical (unpaired) electrons. The summed E-state index contributed by atoms with van der Waals surface area (Å²) < 4.78 is 0. The molecule has 2 aromatic rings. The van der Waals surface area contributed by atoms with Crippen molar-refractivity contribution < 1.29 is 4.79 Å². The molecule has 1 atom stereocenters. The minimum atomic E-state index is -0.0863. The highest BCUT2D eigenvalue weighted by Gasteiger charge is 2.14. The van der Waals surface area contributed by atoms with Crippen LogP contribution in [0, 0.1) is 0 Å². The largest absolute Gasteiger partial charge is 0.385 e. The van der Waals surface area contributed by atoms with Crippen LogP contribution in [0.5, 0.6) is 0 Å². The lowest BCUT2D eigenvalue weighted by Gasteiger charge is -2.15. The third kappa shape index (κ3) is 3.81. The second kappa shape index (κ2) is 7.05. The highest BCUT2D eigenvalue weighted by atomic mass is 32.1. The van der Waals surface area contributed by atoms with Gasteiger partial charge < -0.3 is 10.6 Å². The Morgan fingerprint density at radius 2 is 2.30 bits per heavy atom. The van der Waals surface area contributed by atoms with Gasteiger partial charge in [-0.05, 0) is 48.7 Å². The minimum Gasteiger partial charge on any atom is -0.385 e. The average Bonchev–Trinajstić information content (AvgIpc) is 2.92. The Balaban J connectivity index is 2.00. The number of thiophene rings is 1. The summed E-state index contributed by atoms with van der Waals surface area (Å²) in [5.74, 6) is -0.0863. The van der Waals surface area contributed by atoms with Gasteiger partial charge in [0.15, 0.2) is 0 Å². The van der Waals surface area contributed by atoms with Gasteiger partial charge in [0.25, 0.3) is 5.91 Å². The summed E-state index contributed by atoms with van der Waals surface area (Å²) in [6.45, 7) is 4.79. The zero-order valence-corrected chi connectivity index (χ0v) is 12.5. The average molecular weight is 289 g/mol. The fraction of sp³-hybridized carbons (Fsp3) is 0.333. The molecule has 2 aromatic heterocycles. The number of hydrogen-bond donors (Lipinski definition) is 2. The van der Waals surface area contributed by atoms with Crippen LogP contribution in [0.25, 0.3) is 0 Å². The van der Waals surface area contributed by atoms with E-state index in [1.54, 1.807) is 23.7 Å². The maximum absolute atomic E-state index is 12.3. The molecular formula is C15H19N3OS. The maximum atomic E-state index is 12.3. The molecule has 0 spiro atoms. The van der Waals surface area contributed by atoms with Crippen molar-refractivity contribution in [2.24, 2.45) is 0 Å². The van der Waals surface area contributed by atoms with Crippen LogP contribution in [-0.4, -0.2) is 23.5 Å². The zero-order valence-electron chi connectivity index (χ0n) is 11.7. The van der Waals surface area contributed by atoms with Gasteiger partial charge in [0, 0.05) is 25.0 Å². The van der Waals surface area contributed by atoms with E-state index in [0.717, 1.165) is 18.7 Å². The summed E-state index contributed by atoms with van der Waals surface area (Å²) >= 11 is 1.67. The number of pyridine rings is 1. The molecule has 5 heteroatoms. The first-order valence-corrected chi connectivity index (χ1v) is 7.64. The molecule has 0 aliphatic carbocycles. The molecule has 0 bridgehead atoms. The molecule has 1 amide bonds. The monoisotopic (exact) mass is 289 g/mol. The van der Waals surface area contributed by atoms with E-state index in [2.05, 4.69) is 27.1 Å². The van der Waals surface area contributed by atoms with Crippen molar-refractivity contribution in [1.82, 2.24) is 10.3 Å². The van der Waals surface area contributed by atoms with Crippen LogP contribution in [0.15, 0.2) is 35.3 Å². The topological polar surface area (TPSA) is 54.0 Å².